The number of hydrogen-bond donors (Lipinski definition) is 2. The first-order chi connectivity index (χ1) is 10.9. The van der Waals surface area contributed by atoms with E-state index in [4.69, 9.17) is 4.74 Å². The number of methoxy groups -OCH3 is 1. The normalized spacial score (nSPS) is 10.0. The van der Waals surface area contributed by atoms with Crippen LogP contribution in [0.3, 0.4) is 0 Å². The average Bonchev–Trinajstić information content (AvgIpc) is 2.47. The van der Waals surface area contributed by atoms with Crippen LogP contribution < -0.4 is 15.4 Å². The summed E-state index contributed by atoms with van der Waals surface area (Å²) in [4.78, 5) is 21.2. The summed E-state index contributed by atoms with van der Waals surface area (Å²) in [5, 5.41) is 16.4. The van der Waals surface area contributed by atoms with Gasteiger partial charge in [-0.3, -0.25) is 14.9 Å². The predicted octanol–water partition coefficient (Wildman–Crippen LogP) is 3.44. The van der Waals surface area contributed by atoms with Crippen molar-refractivity contribution in [3.8, 4) is 5.75 Å². The Bertz CT molecular complexity index is 747. The fourth-order valence-electron chi connectivity index (χ4n) is 1.97. The van der Waals surface area contributed by atoms with E-state index in [0.29, 0.717) is 11.4 Å². The average molecular weight is 319 g/mol. The number of nitro groups is 1. The number of benzene rings is 2. The highest BCUT2D eigenvalue weighted by Crippen LogP contribution is 2.34. The van der Waals surface area contributed by atoms with E-state index in [1.54, 1.807) is 24.3 Å². The molecule has 2 N–H and O–H groups in total. The van der Waals surface area contributed by atoms with Gasteiger partial charge < -0.3 is 15.4 Å². The van der Waals surface area contributed by atoms with E-state index in [9.17, 15) is 19.3 Å². The van der Waals surface area contributed by atoms with Crippen molar-refractivity contribution in [3.05, 3.63) is 52.3 Å². The third kappa shape index (κ3) is 3.94. The Labute approximate surface area is 131 Å². The molecule has 0 unspecified atom stereocenters. The summed E-state index contributed by atoms with van der Waals surface area (Å²) < 4.78 is 18.8. The lowest BCUT2D eigenvalue weighted by Gasteiger charge is -2.10. The highest BCUT2D eigenvalue weighted by atomic mass is 19.1. The zero-order valence-corrected chi connectivity index (χ0v) is 12.4. The molecule has 23 heavy (non-hydrogen) atoms. The molecular weight excluding hydrogens is 305 g/mol. The van der Waals surface area contributed by atoms with Crippen LogP contribution in [0.1, 0.15) is 6.92 Å². The number of nitro benzene ring substituents is 1. The van der Waals surface area contributed by atoms with E-state index in [-0.39, 0.29) is 17.3 Å². The molecule has 2 aromatic carbocycles. The molecule has 0 aliphatic rings. The number of anilines is 3. The third-order valence-electron chi connectivity index (χ3n) is 2.94. The molecule has 0 bridgehead atoms. The molecule has 0 saturated heterocycles. The van der Waals surface area contributed by atoms with Crippen LogP contribution in [0.25, 0.3) is 0 Å². The lowest BCUT2D eigenvalue weighted by atomic mass is 10.2. The van der Waals surface area contributed by atoms with Crippen LogP contribution in [-0.2, 0) is 4.79 Å². The maximum Gasteiger partial charge on any atom is 0.328 e. The van der Waals surface area contributed by atoms with Gasteiger partial charge in [-0.2, -0.15) is 4.39 Å². The molecular formula is C15H14FN3O4. The SMILES string of the molecule is COc1cc(F)c([N+](=O)[O-])c(Nc2ccc(NC(C)=O)cc2)c1. The van der Waals surface area contributed by atoms with Crippen molar-refractivity contribution in [1.82, 2.24) is 0 Å². The molecule has 0 aliphatic heterocycles. The number of amides is 1. The minimum absolute atomic E-state index is 0.0286. The largest absolute Gasteiger partial charge is 0.497 e. The van der Waals surface area contributed by atoms with Gasteiger partial charge in [-0.1, -0.05) is 0 Å². The number of nitrogens with one attached hydrogen (secondary N) is 2. The van der Waals surface area contributed by atoms with Crippen LogP contribution in [-0.4, -0.2) is 17.9 Å². The summed E-state index contributed by atoms with van der Waals surface area (Å²) >= 11 is 0. The molecule has 1 amide bonds. The molecule has 0 saturated carbocycles. The Balaban J connectivity index is 2.33. The summed E-state index contributed by atoms with van der Waals surface area (Å²) in [5.74, 6) is -1.05. The zero-order chi connectivity index (χ0) is 17.0. The molecule has 2 rings (SSSR count). The molecule has 0 atom stereocenters. The van der Waals surface area contributed by atoms with E-state index in [1.807, 2.05) is 0 Å². The van der Waals surface area contributed by atoms with Gasteiger partial charge in [-0.05, 0) is 24.3 Å². The van der Waals surface area contributed by atoms with Crippen molar-refractivity contribution in [1.29, 1.82) is 0 Å². The van der Waals surface area contributed by atoms with E-state index in [0.717, 1.165) is 6.07 Å². The van der Waals surface area contributed by atoms with Crippen LogP contribution in [0.2, 0.25) is 0 Å². The van der Waals surface area contributed by atoms with Gasteiger partial charge in [0.2, 0.25) is 11.7 Å². The first-order valence-corrected chi connectivity index (χ1v) is 6.57. The van der Waals surface area contributed by atoms with Crippen LogP contribution in [0, 0.1) is 15.9 Å². The minimum atomic E-state index is -0.994. The van der Waals surface area contributed by atoms with Crippen molar-refractivity contribution in [2.45, 2.75) is 6.92 Å². The highest BCUT2D eigenvalue weighted by molar-refractivity contribution is 5.89. The van der Waals surface area contributed by atoms with Crippen LogP contribution >= 0.6 is 0 Å². The Kier molecular flexibility index (Phi) is 4.75. The van der Waals surface area contributed by atoms with Gasteiger partial charge >= 0.3 is 5.69 Å². The fraction of sp³-hybridized carbons (Fsp3) is 0.133. The number of carbonyl (C=O) groups is 1. The van der Waals surface area contributed by atoms with E-state index in [2.05, 4.69) is 10.6 Å². The summed E-state index contributed by atoms with van der Waals surface area (Å²) in [5.41, 5.74) is 0.375. The van der Waals surface area contributed by atoms with Crippen LogP contribution in [0.4, 0.5) is 27.1 Å². The number of ether oxygens (including phenoxy) is 1. The van der Waals surface area contributed by atoms with Crippen molar-refractivity contribution in [2.75, 3.05) is 17.7 Å². The molecule has 120 valence electrons. The number of nitrogens with zero attached hydrogens (tertiary/aromatic N) is 1. The van der Waals surface area contributed by atoms with Gasteiger partial charge in [0.15, 0.2) is 0 Å². The second kappa shape index (κ2) is 6.73. The zero-order valence-electron chi connectivity index (χ0n) is 12.4. The maximum atomic E-state index is 13.8. The van der Waals surface area contributed by atoms with Gasteiger partial charge in [-0.15, -0.1) is 0 Å². The van der Waals surface area contributed by atoms with Crippen molar-refractivity contribution in [3.63, 3.8) is 0 Å². The Morgan fingerprint density at radius 1 is 1.22 bits per heavy atom. The molecule has 0 spiro atoms. The Morgan fingerprint density at radius 2 is 1.83 bits per heavy atom. The summed E-state index contributed by atoms with van der Waals surface area (Å²) in [6.45, 7) is 1.38. The van der Waals surface area contributed by atoms with Crippen molar-refractivity contribution >= 4 is 28.7 Å². The lowest BCUT2D eigenvalue weighted by molar-refractivity contribution is -0.386. The molecule has 0 aliphatic carbocycles. The Morgan fingerprint density at radius 3 is 2.35 bits per heavy atom. The highest BCUT2D eigenvalue weighted by Gasteiger charge is 2.22. The number of rotatable bonds is 5. The van der Waals surface area contributed by atoms with Crippen molar-refractivity contribution < 1.29 is 18.8 Å². The second-order valence-corrected chi connectivity index (χ2v) is 4.65. The number of hydrogen-bond acceptors (Lipinski definition) is 5. The molecule has 2 aromatic rings. The minimum Gasteiger partial charge on any atom is -0.497 e. The quantitative estimate of drug-likeness (QED) is 0.650. The monoisotopic (exact) mass is 319 g/mol. The smallest absolute Gasteiger partial charge is 0.328 e. The molecule has 7 nitrogen and oxygen atoms in total. The topological polar surface area (TPSA) is 93.5 Å². The number of carbonyl (C=O) groups excluding carboxylic acids is 1. The van der Waals surface area contributed by atoms with Gasteiger partial charge in [0.25, 0.3) is 0 Å². The predicted molar refractivity (Wildman–Crippen MR) is 83.6 cm³/mol. The maximum absolute atomic E-state index is 13.8. The van der Waals surface area contributed by atoms with Gasteiger partial charge in [0.05, 0.1) is 12.0 Å². The van der Waals surface area contributed by atoms with E-state index in [1.165, 1.54) is 20.1 Å². The first-order valence-electron chi connectivity index (χ1n) is 6.57. The van der Waals surface area contributed by atoms with E-state index < -0.39 is 16.4 Å². The standard InChI is InChI=1S/C15H14FN3O4/c1-9(20)17-10-3-5-11(6-4-10)18-14-8-12(23-2)7-13(16)15(14)19(21)22/h3-8,18H,1-2H3,(H,17,20). The number of halogens is 1. The van der Waals surface area contributed by atoms with Gasteiger partial charge in [-0.25, -0.2) is 0 Å². The molecule has 0 heterocycles. The van der Waals surface area contributed by atoms with E-state index >= 15 is 0 Å². The molecule has 8 heteroatoms. The first kappa shape index (κ1) is 16.2. The van der Waals surface area contributed by atoms with Gasteiger partial charge in [0.1, 0.15) is 11.4 Å². The van der Waals surface area contributed by atoms with Crippen LogP contribution in [0.15, 0.2) is 36.4 Å². The molecule has 0 radical (unpaired) electrons. The fourth-order valence-corrected chi connectivity index (χ4v) is 1.97. The third-order valence-corrected chi connectivity index (χ3v) is 2.94. The van der Waals surface area contributed by atoms with Crippen LogP contribution in [0.5, 0.6) is 5.75 Å². The lowest BCUT2D eigenvalue weighted by Crippen LogP contribution is -2.05. The second-order valence-electron chi connectivity index (χ2n) is 4.65. The molecule has 0 aromatic heterocycles. The summed E-state index contributed by atoms with van der Waals surface area (Å²) in [7, 11) is 1.34. The van der Waals surface area contributed by atoms with Crippen molar-refractivity contribution in [2.24, 2.45) is 0 Å². The van der Waals surface area contributed by atoms with Gasteiger partial charge in [0, 0.05) is 30.4 Å². The molecule has 0 fully saturated rings. The summed E-state index contributed by atoms with van der Waals surface area (Å²) in [6, 6.07) is 8.73. The summed E-state index contributed by atoms with van der Waals surface area (Å²) in [6.07, 6.45) is 0. The Hall–Kier alpha value is -3.16.